The molecule has 0 aromatic heterocycles. The number of carboxylic acid groups (broad SMARTS) is 2. The minimum Gasteiger partial charge on any atom is -0.481 e. The lowest BCUT2D eigenvalue weighted by Gasteiger charge is -2.01. The number of esters is 1. The molecule has 0 heterocycles. The molecule has 0 aromatic rings. The smallest absolute Gasteiger partial charge is 0.302 e. The van der Waals surface area contributed by atoms with Crippen LogP contribution in [0.5, 0.6) is 0 Å². The van der Waals surface area contributed by atoms with Crippen molar-refractivity contribution in [3.63, 3.8) is 0 Å². The molecule has 90 valence electrons. The van der Waals surface area contributed by atoms with Crippen LogP contribution in [-0.2, 0) is 19.1 Å². The Morgan fingerprint density at radius 1 is 0.933 bits per heavy atom. The maximum atomic E-state index is 10.0. The average molecular weight is 222 g/mol. The van der Waals surface area contributed by atoms with Crippen LogP contribution in [0.3, 0.4) is 0 Å². The minimum absolute atomic E-state index is 0.0255. The summed E-state index contributed by atoms with van der Waals surface area (Å²) >= 11 is 0. The lowest BCUT2D eigenvalue weighted by molar-refractivity contribution is -0.144. The first-order chi connectivity index (χ1) is 6.59. The van der Waals surface area contributed by atoms with Crippen molar-refractivity contribution in [2.24, 2.45) is 0 Å². The fourth-order valence-corrected chi connectivity index (χ4v) is 0.332. The number of ether oxygens (including phenoxy) is 1. The normalized spacial score (nSPS) is 7.60. The van der Waals surface area contributed by atoms with Crippen molar-refractivity contribution in [1.82, 2.24) is 0 Å². The van der Waals surface area contributed by atoms with Crippen LogP contribution in [0.25, 0.3) is 0 Å². The van der Waals surface area contributed by atoms with E-state index in [0.29, 0.717) is 0 Å². The second kappa shape index (κ2) is 12.4. The summed E-state index contributed by atoms with van der Waals surface area (Å²) in [6.07, 6.45) is 0.0255. The van der Waals surface area contributed by atoms with Crippen LogP contribution in [0, 0.1) is 0 Å². The summed E-state index contributed by atoms with van der Waals surface area (Å²) in [5, 5.41) is 14.8. The van der Waals surface area contributed by atoms with E-state index in [0.717, 1.165) is 13.8 Å². The summed E-state index contributed by atoms with van der Waals surface area (Å²) in [4.78, 5) is 28.0. The number of rotatable bonds is 1. The highest BCUT2D eigenvalue weighted by Crippen LogP contribution is 1.85. The van der Waals surface area contributed by atoms with Gasteiger partial charge in [-0.25, -0.2) is 0 Å². The second-order valence-corrected chi connectivity index (χ2v) is 2.70. The average Bonchev–Trinajstić information content (AvgIpc) is 1.78. The fourth-order valence-electron chi connectivity index (χ4n) is 0.332. The number of carbonyl (C=O) groups excluding carboxylic acids is 1. The molecule has 0 amide bonds. The zero-order valence-electron chi connectivity index (χ0n) is 9.60. The molecule has 0 unspecified atom stereocenters. The van der Waals surface area contributed by atoms with Crippen molar-refractivity contribution in [3.8, 4) is 0 Å². The van der Waals surface area contributed by atoms with Crippen molar-refractivity contribution >= 4 is 17.9 Å². The molecule has 0 radical (unpaired) electrons. The van der Waals surface area contributed by atoms with Gasteiger partial charge in [-0.1, -0.05) is 0 Å². The van der Waals surface area contributed by atoms with Gasteiger partial charge in [-0.3, -0.25) is 14.4 Å². The van der Waals surface area contributed by atoms with E-state index >= 15 is 0 Å². The SMILES string of the molecule is CC(=O)O.CC(=O)O.CC(=O)OC(C)C. The van der Waals surface area contributed by atoms with E-state index in [9.17, 15) is 4.79 Å². The molecule has 0 spiro atoms. The van der Waals surface area contributed by atoms with Gasteiger partial charge < -0.3 is 14.9 Å². The Kier molecular flexibility index (Phi) is 15.8. The Morgan fingerprint density at radius 2 is 1.13 bits per heavy atom. The zero-order chi connectivity index (χ0) is 13.0. The predicted octanol–water partition coefficient (Wildman–Crippen LogP) is 1.14. The molecule has 0 aliphatic rings. The third kappa shape index (κ3) is 232. The Balaban J connectivity index is -0.000000155. The molecule has 6 nitrogen and oxygen atoms in total. The van der Waals surface area contributed by atoms with Crippen LogP contribution >= 0.6 is 0 Å². The van der Waals surface area contributed by atoms with Crippen molar-refractivity contribution < 1.29 is 29.3 Å². The summed E-state index contributed by atoms with van der Waals surface area (Å²) in [6, 6.07) is 0. The Bertz CT molecular complexity index is 177. The van der Waals surface area contributed by atoms with Gasteiger partial charge in [0.05, 0.1) is 6.10 Å². The molecule has 0 aromatic carbocycles. The first kappa shape index (κ1) is 19.1. The van der Waals surface area contributed by atoms with E-state index < -0.39 is 11.9 Å². The molecule has 15 heavy (non-hydrogen) atoms. The van der Waals surface area contributed by atoms with E-state index in [1.807, 2.05) is 13.8 Å². The third-order valence-corrected chi connectivity index (χ3v) is 0.402. The maximum Gasteiger partial charge on any atom is 0.302 e. The Morgan fingerprint density at radius 3 is 1.13 bits per heavy atom. The molecule has 6 heteroatoms. The molecular formula is C9H18O6. The number of carbonyl (C=O) groups is 3. The van der Waals surface area contributed by atoms with Gasteiger partial charge in [0.25, 0.3) is 11.9 Å². The lowest BCUT2D eigenvalue weighted by Crippen LogP contribution is -2.06. The number of hydrogen-bond acceptors (Lipinski definition) is 4. The summed E-state index contributed by atoms with van der Waals surface area (Å²) in [7, 11) is 0. The van der Waals surface area contributed by atoms with Crippen LogP contribution in [0.15, 0.2) is 0 Å². The number of aliphatic carboxylic acids is 2. The van der Waals surface area contributed by atoms with Crippen molar-refractivity contribution in [2.75, 3.05) is 0 Å². The van der Waals surface area contributed by atoms with Crippen LogP contribution in [0.2, 0.25) is 0 Å². The van der Waals surface area contributed by atoms with Gasteiger partial charge in [0, 0.05) is 20.8 Å². The van der Waals surface area contributed by atoms with Crippen molar-refractivity contribution in [1.29, 1.82) is 0 Å². The minimum atomic E-state index is -0.833. The van der Waals surface area contributed by atoms with Gasteiger partial charge >= 0.3 is 5.97 Å². The standard InChI is InChI=1S/C5H10O2.2C2H4O2/c1-4(2)7-5(3)6;2*1-2(3)4/h4H,1-3H3;2*1H3,(H,3,4). The van der Waals surface area contributed by atoms with Crippen molar-refractivity contribution in [3.05, 3.63) is 0 Å². The van der Waals surface area contributed by atoms with Crippen molar-refractivity contribution in [2.45, 2.75) is 40.7 Å². The van der Waals surface area contributed by atoms with E-state index in [1.54, 1.807) is 0 Å². The zero-order valence-corrected chi connectivity index (χ0v) is 9.60. The highest BCUT2D eigenvalue weighted by molar-refractivity contribution is 5.66. The number of carboxylic acids is 2. The molecule has 0 atom stereocenters. The molecule has 0 aliphatic carbocycles. The van der Waals surface area contributed by atoms with Gasteiger partial charge in [-0.15, -0.1) is 0 Å². The third-order valence-electron chi connectivity index (χ3n) is 0.402. The lowest BCUT2D eigenvalue weighted by atomic mass is 10.5. The summed E-state index contributed by atoms with van der Waals surface area (Å²) in [5.41, 5.74) is 0. The molecule has 0 aliphatic heterocycles. The topological polar surface area (TPSA) is 101 Å². The first-order valence-electron chi connectivity index (χ1n) is 4.15. The molecule has 2 N–H and O–H groups in total. The molecular weight excluding hydrogens is 204 g/mol. The van der Waals surface area contributed by atoms with E-state index in [4.69, 9.17) is 19.8 Å². The summed E-state index contributed by atoms with van der Waals surface area (Å²) in [6.45, 7) is 7.21. The van der Waals surface area contributed by atoms with Gasteiger partial charge in [0.15, 0.2) is 0 Å². The summed E-state index contributed by atoms with van der Waals surface area (Å²) in [5.74, 6) is -1.88. The van der Waals surface area contributed by atoms with Crippen LogP contribution in [0.1, 0.15) is 34.6 Å². The highest BCUT2D eigenvalue weighted by atomic mass is 16.5. The van der Waals surface area contributed by atoms with Gasteiger partial charge in [0.2, 0.25) is 0 Å². The van der Waals surface area contributed by atoms with Gasteiger partial charge in [-0.2, -0.15) is 0 Å². The molecule has 0 saturated carbocycles. The van der Waals surface area contributed by atoms with Gasteiger partial charge in [-0.05, 0) is 13.8 Å². The highest BCUT2D eigenvalue weighted by Gasteiger charge is 1.93. The first-order valence-corrected chi connectivity index (χ1v) is 4.15. The predicted molar refractivity (Wildman–Crippen MR) is 53.5 cm³/mol. The van der Waals surface area contributed by atoms with E-state index in [1.165, 1.54) is 6.92 Å². The monoisotopic (exact) mass is 222 g/mol. The van der Waals surface area contributed by atoms with Crippen LogP contribution < -0.4 is 0 Å². The molecule has 0 rings (SSSR count). The maximum absolute atomic E-state index is 10.0. The van der Waals surface area contributed by atoms with Gasteiger partial charge in [0.1, 0.15) is 0 Å². The van der Waals surface area contributed by atoms with Crippen LogP contribution in [-0.4, -0.2) is 34.2 Å². The fraction of sp³-hybridized carbons (Fsp3) is 0.667. The second-order valence-electron chi connectivity index (χ2n) is 2.70. The Labute approximate surface area is 88.9 Å². The summed E-state index contributed by atoms with van der Waals surface area (Å²) < 4.78 is 4.61. The Hall–Kier alpha value is -1.59. The largest absolute Gasteiger partial charge is 0.481 e. The molecule has 0 saturated heterocycles. The molecule has 0 fully saturated rings. The molecule has 0 bridgehead atoms. The van der Waals surface area contributed by atoms with E-state index in [2.05, 4.69) is 4.74 Å². The van der Waals surface area contributed by atoms with E-state index in [-0.39, 0.29) is 12.1 Å². The van der Waals surface area contributed by atoms with Crippen LogP contribution in [0.4, 0.5) is 0 Å². The quantitative estimate of drug-likeness (QED) is 0.645. The number of hydrogen-bond donors (Lipinski definition) is 2.